The standard InChI is InChI=1S/C16H21NO2/c1-12(11-18-2)17-10-13-8-9-16(19-3)15-7-5-4-6-14(13)15/h4-9,12,17H,10-11H2,1-3H3/p+1/t12-/m1/s1. The first kappa shape index (κ1) is 13.8. The fourth-order valence-electron chi connectivity index (χ4n) is 2.35. The molecule has 1 atom stereocenters. The maximum atomic E-state index is 5.42. The van der Waals surface area contributed by atoms with Crippen molar-refractivity contribution in [2.45, 2.75) is 19.5 Å². The molecule has 2 aromatic carbocycles. The third kappa shape index (κ3) is 3.25. The van der Waals surface area contributed by atoms with Crippen LogP contribution in [0.1, 0.15) is 12.5 Å². The smallest absolute Gasteiger partial charge is 0.126 e. The number of fused-ring (bicyclic) bond motifs is 1. The van der Waals surface area contributed by atoms with Gasteiger partial charge in [-0.25, -0.2) is 0 Å². The lowest BCUT2D eigenvalue weighted by atomic mass is 10.0. The average molecular weight is 260 g/mol. The number of nitrogens with two attached hydrogens (primary N) is 1. The van der Waals surface area contributed by atoms with Gasteiger partial charge < -0.3 is 14.8 Å². The van der Waals surface area contributed by atoms with Crippen molar-refractivity contribution in [2.75, 3.05) is 20.8 Å². The lowest BCUT2D eigenvalue weighted by Gasteiger charge is -2.12. The van der Waals surface area contributed by atoms with Crippen molar-refractivity contribution in [3.8, 4) is 5.75 Å². The van der Waals surface area contributed by atoms with E-state index in [2.05, 4.69) is 36.5 Å². The molecule has 102 valence electrons. The van der Waals surface area contributed by atoms with Crippen LogP contribution in [0.25, 0.3) is 10.8 Å². The van der Waals surface area contributed by atoms with E-state index in [9.17, 15) is 0 Å². The number of hydrogen-bond donors (Lipinski definition) is 1. The van der Waals surface area contributed by atoms with Crippen molar-refractivity contribution in [1.82, 2.24) is 0 Å². The molecule has 0 fully saturated rings. The van der Waals surface area contributed by atoms with E-state index in [1.54, 1.807) is 14.2 Å². The first-order valence-electron chi connectivity index (χ1n) is 6.63. The molecule has 0 radical (unpaired) electrons. The van der Waals surface area contributed by atoms with E-state index in [4.69, 9.17) is 9.47 Å². The highest BCUT2D eigenvalue weighted by molar-refractivity contribution is 5.90. The van der Waals surface area contributed by atoms with Crippen LogP contribution in [0.2, 0.25) is 0 Å². The van der Waals surface area contributed by atoms with Gasteiger partial charge >= 0.3 is 0 Å². The first-order chi connectivity index (χ1) is 9.26. The summed E-state index contributed by atoms with van der Waals surface area (Å²) in [5.74, 6) is 0.935. The normalized spacial score (nSPS) is 12.6. The van der Waals surface area contributed by atoms with Crippen molar-refractivity contribution >= 4 is 10.8 Å². The molecular weight excluding hydrogens is 238 g/mol. The number of methoxy groups -OCH3 is 2. The zero-order valence-electron chi connectivity index (χ0n) is 11.8. The number of benzene rings is 2. The minimum Gasteiger partial charge on any atom is -0.496 e. The van der Waals surface area contributed by atoms with E-state index >= 15 is 0 Å². The first-order valence-corrected chi connectivity index (χ1v) is 6.63. The highest BCUT2D eigenvalue weighted by Crippen LogP contribution is 2.27. The van der Waals surface area contributed by atoms with Gasteiger partial charge in [-0.2, -0.15) is 0 Å². The molecule has 0 bridgehead atoms. The van der Waals surface area contributed by atoms with Crippen molar-refractivity contribution in [2.24, 2.45) is 0 Å². The van der Waals surface area contributed by atoms with Gasteiger partial charge in [-0.15, -0.1) is 0 Å². The fraction of sp³-hybridized carbons (Fsp3) is 0.375. The Morgan fingerprint density at radius 3 is 2.47 bits per heavy atom. The Labute approximate surface area is 114 Å². The van der Waals surface area contributed by atoms with Crippen LogP contribution in [0, 0.1) is 0 Å². The molecule has 0 aliphatic heterocycles. The molecule has 3 heteroatoms. The minimum atomic E-state index is 0.464. The van der Waals surface area contributed by atoms with Crippen LogP contribution in [0.4, 0.5) is 0 Å². The summed E-state index contributed by atoms with van der Waals surface area (Å²) in [6, 6.07) is 13.0. The summed E-state index contributed by atoms with van der Waals surface area (Å²) in [5, 5.41) is 4.75. The molecule has 2 N–H and O–H groups in total. The second-order valence-electron chi connectivity index (χ2n) is 4.84. The Balaban J connectivity index is 2.24. The van der Waals surface area contributed by atoms with Crippen LogP contribution in [0.3, 0.4) is 0 Å². The molecule has 0 aliphatic rings. The molecule has 0 saturated heterocycles. The van der Waals surface area contributed by atoms with Crippen molar-refractivity contribution in [1.29, 1.82) is 0 Å². The maximum Gasteiger partial charge on any atom is 0.126 e. The van der Waals surface area contributed by atoms with Crippen LogP contribution in [-0.2, 0) is 11.3 Å². The molecule has 3 nitrogen and oxygen atoms in total. The fourth-order valence-corrected chi connectivity index (χ4v) is 2.35. The molecule has 0 unspecified atom stereocenters. The minimum absolute atomic E-state index is 0.464. The predicted octanol–water partition coefficient (Wildman–Crippen LogP) is 1.95. The van der Waals surface area contributed by atoms with E-state index in [1.807, 2.05) is 12.1 Å². The third-order valence-electron chi connectivity index (χ3n) is 3.36. The molecule has 0 spiro atoms. The van der Waals surface area contributed by atoms with E-state index in [-0.39, 0.29) is 0 Å². The second-order valence-corrected chi connectivity index (χ2v) is 4.84. The van der Waals surface area contributed by atoms with Crippen LogP contribution >= 0.6 is 0 Å². The van der Waals surface area contributed by atoms with E-state index in [1.165, 1.54) is 16.3 Å². The largest absolute Gasteiger partial charge is 0.496 e. The summed E-state index contributed by atoms with van der Waals surface area (Å²) in [4.78, 5) is 0. The molecule has 0 amide bonds. The van der Waals surface area contributed by atoms with Gasteiger partial charge in [-0.05, 0) is 24.4 Å². The van der Waals surface area contributed by atoms with Crippen LogP contribution in [0.5, 0.6) is 5.75 Å². The van der Waals surface area contributed by atoms with Crippen molar-refractivity contribution in [3.05, 3.63) is 42.0 Å². The lowest BCUT2D eigenvalue weighted by molar-refractivity contribution is -0.702. The summed E-state index contributed by atoms with van der Waals surface area (Å²) in [6.45, 7) is 3.90. The molecule has 0 aromatic heterocycles. The number of quaternary nitrogens is 1. The Kier molecular flexibility index (Phi) is 4.77. The van der Waals surface area contributed by atoms with Crippen LogP contribution in [-0.4, -0.2) is 26.9 Å². The highest BCUT2D eigenvalue weighted by atomic mass is 16.5. The number of ether oxygens (including phenoxy) is 2. The Morgan fingerprint density at radius 1 is 1.05 bits per heavy atom. The zero-order chi connectivity index (χ0) is 13.7. The maximum absolute atomic E-state index is 5.42. The molecule has 2 aromatic rings. The predicted molar refractivity (Wildman–Crippen MR) is 77.5 cm³/mol. The zero-order valence-corrected chi connectivity index (χ0v) is 11.8. The van der Waals surface area contributed by atoms with Gasteiger partial charge in [0.05, 0.1) is 13.7 Å². The Morgan fingerprint density at radius 2 is 1.79 bits per heavy atom. The van der Waals surface area contributed by atoms with Gasteiger partial charge in [0.15, 0.2) is 0 Å². The van der Waals surface area contributed by atoms with Gasteiger partial charge in [0.2, 0.25) is 0 Å². The quantitative estimate of drug-likeness (QED) is 0.861. The van der Waals surface area contributed by atoms with Gasteiger partial charge in [0.1, 0.15) is 18.3 Å². The van der Waals surface area contributed by atoms with Crippen LogP contribution in [0.15, 0.2) is 36.4 Å². The number of rotatable bonds is 6. The van der Waals surface area contributed by atoms with Gasteiger partial charge in [-0.3, -0.25) is 0 Å². The van der Waals surface area contributed by atoms with Crippen molar-refractivity contribution in [3.63, 3.8) is 0 Å². The van der Waals surface area contributed by atoms with Gasteiger partial charge in [-0.1, -0.05) is 24.3 Å². The average Bonchev–Trinajstić information content (AvgIpc) is 2.45. The monoisotopic (exact) mass is 260 g/mol. The summed E-state index contributed by atoms with van der Waals surface area (Å²) in [5.41, 5.74) is 1.33. The van der Waals surface area contributed by atoms with E-state index in [0.717, 1.165) is 18.9 Å². The van der Waals surface area contributed by atoms with Crippen LogP contribution < -0.4 is 10.1 Å². The molecule has 19 heavy (non-hydrogen) atoms. The Hall–Kier alpha value is -1.58. The van der Waals surface area contributed by atoms with Gasteiger partial charge in [0.25, 0.3) is 0 Å². The highest BCUT2D eigenvalue weighted by Gasteiger charge is 2.09. The summed E-state index contributed by atoms with van der Waals surface area (Å²) >= 11 is 0. The molecule has 0 saturated carbocycles. The summed E-state index contributed by atoms with van der Waals surface area (Å²) < 4.78 is 10.6. The Bertz CT molecular complexity index is 539. The SMILES string of the molecule is COC[C@@H](C)[NH2+]Cc1ccc(OC)c2ccccc12. The number of hydrogen-bond acceptors (Lipinski definition) is 2. The third-order valence-corrected chi connectivity index (χ3v) is 3.36. The second kappa shape index (κ2) is 6.55. The topological polar surface area (TPSA) is 35.1 Å². The molecule has 0 aliphatic carbocycles. The van der Waals surface area contributed by atoms with Crippen molar-refractivity contribution < 1.29 is 14.8 Å². The summed E-state index contributed by atoms with van der Waals surface area (Å²) in [7, 11) is 3.46. The van der Waals surface area contributed by atoms with Gasteiger partial charge in [0, 0.05) is 18.1 Å². The summed E-state index contributed by atoms with van der Waals surface area (Å²) in [6.07, 6.45) is 0. The molecule has 2 rings (SSSR count). The van der Waals surface area contributed by atoms with E-state index < -0.39 is 0 Å². The lowest BCUT2D eigenvalue weighted by Crippen LogP contribution is -2.88. The molecular formula is C16H22NO2+. The molecule has 0 heterocycles. The van der Waals surface area contributed by atoms with E-state index in [0.29, 0.717) is 6.04 Å².